The molecule has 0 N–H and O–H groups in total. The van der Waals surface area contributed by atoms with Crippen molar-refractivity contribution in [2.45, 2.75) is 44.5 Å². The van der Waals surface area contributed by atoms with Gasteiger partial charge in [0, 0.05) is 30.7 Å². The lowest BCUT2D eigenvalue weighted by Gasteiger charge is -2.24. The number of pyridine rings is 1. The molecule has 1 atom stereocenters. The van der Waals surface area contributed by atoms with Crippen LogP contribution in [0.25, 0.3) is 0 Å². The number of aromatic nitrogens is 1. The Morgan fingerprint density at radius 2 is 2.05 bits per heavy atom. The quantitative estimate of drug-likeness (QED) is 0.796. The average molecular weight is 294 g/mol. The molecule has 2 saturated heterocycles. The second-order valence-electron chi connectivity index (χ2n) is 5.94. The number of rotatable bonds is 4. The summed E-state index contributed by atoms with van der Waals surface area (Å²) in [6.45, 7) is 6.98. The van der Waals surface area contributed by atoms with E-state index in [1.165, 1.54) is 37.9 Å². The van der Waals surface area contributed by atoms with Gasteiger partial charge in [0.25, 0.3) is 0 Å². The predicted molar refractivity (Wildman–Crippen MR) is 84.6 cm³/mol. The van der Waals surface area contributed by atoms with Crippen molar-refractivity contribution in [2.24, 2.45) is 0 Å². The second kappa shape index (κ2) is 6.31. The molecule has 1 aromatic rings. The Labute approximate surface area is 126 Å². The van der Waals surface area contributed by atoms with Crippen molar-refractivity contribution in [3.05, 3.63) is 23.4 Å². The minimum atomic E-state index is 0.575. The third-order valence-electron chi connectivity index (χ3n) is 4.59. The summed E-state index contributed by atoms with van der Waals surface area (Å²) >= 11 is 6.01. The zero-order chi connectivity index (χ0) is 13.9. The lowest BCUT2D eigenvalue weighted by atomic mass is 10.2. The van der Waals surface area contributed by atoms with Gasteiger partial charge in [0.15, 0.2) is 0 Å². The van der Waals surface area contributed by atoms with Gasteiger partial charge in [-0.1, -0.05) is 6.92 Å². The molecule has 2 aliphatic rings. The zero-order valence-corrected chi connectivity index (χ0v) is 13.1. The van der Waals surface area contributed by atoms with Crippen LogP contribution in [0.1, 0.15) is 37.4 Å². The molecule has 1 aromatic heterocycles. The largest absolute Gasteiger partial charge is 0.355 e. The van der Waals surface area contributed by atoms with E-state index in [0.717, 1.165) is 37.1 Å². The molecule has 3 nitrogen and oxygen atoms in total. The second-order valence-corrected chi connectivity index (χ2v) is 6.21. The van der Waals surface area contributed by atoms with Crippen molar-refractivity contribution in [2.75, 3.05) is 31.1 Å². The summed E-state index contributed by atoms with van der Waals surface area (Å²) in [4.78, 5) is 9.89. The van der Waals surface area contributed by atoms with Crippen molar-refractivity contribution in [1.29, 1.82) is 0 Å². The zero-order valence-electron chi connectivity index (χ0n) is 12.3. The molecule has 3 heterocycles. The van der Waals surface area contributed by atoms with Gasteiger partial charge in [-0.15, -0.1) is 11.6 Å². The third-order valence-corrected chi connectivity index (χ3v) is 4.89. The number of nitrogens with zero attached hydrogens (tertiary/aromatic N) is 3. The minimum absolute atomic E-state index is 0.575. The first-order valence-corrected chi connectivity index (χ1v) is 8.38. The minimum Gasteiger partial charge on any atom is -0.355 e. The van der Waals surface area contributed by atoms with Crippen LogP contribution in [0.4, 0.5) is 5.82 Å². The van der Waals surface area contributed by atoms with Gasteiger partial charge in [0.2, 0.25) is 0 Å². The molecule has 0 aliphatic carbocycles. The number of anilines is 1. The topological polar surface area (TPSA) is 19.4 Å². The highest BCUT2D eigenvalue weighted by molar-refractivity contribution is 6.17. The summed E-state index contributed by atoms with van der Waals surface area (Å²) in [6, 6.07) is 5.02. The number of hydrogen-bond donors (Lipinski definition) is 0. The summed E-state index contributed by atoms with van der Waals surface area (Å²) in [6.07, 6.45) is 4.99. The van der Waals surface area contributed by atoms with Gasteiger partial charge in [-0.05, 0) is 56.5 Å². The number of aryl methyl sites for hydroxylation is 1. The maximum absolute atomic E-state index is 6.01. The molecule has 0 saturated carbocycles. The highest BCUT2D eigenvalue weighted by atomic mass is 35.5. The van der Waals surface area contributed by atoms with Gasteiger partial charge in [-0.2, -0.15) is 0 Å². The summed E-state index contributed by atoms with van der Waals surface area (Å²) < 4.78 is 0. The van der Waals surface area contributed by atoms with Crippen molar-refractivity contribution >= 4 is 17.4 Å². The summed E-state index contributed by atoms with van der Waals surface area (Å²) in [5.41, 5.74) is 2.35. The van der Waals surface area contributed by atoms with Crippen LogP contribution in [0.2, 0.25) is 0 Å². The van der Waals surface area contributed by atoms with Gasteiger partial charge in [0.05, 0.1) is 0 Å². The highest BCUT2D eigenvalue weighted by Gasteiger charge is 2.29. The standard InChI is InChI=1S/C16H24ClN3/c1-2-14-9-13(11-17)10-16(18-14)20-8-5-15(12-20)19-6-3-4-7-19/h9-10,15H,2-8,11-12H2,1H3. The van der Waals surface area contributed by atoms with E-state index in [1.54, 1.807) is 0 Å². The fourth-order valence-corrected chi connectivity index (χ4v) is 3.56. The monoisotopic (exact) mass is 293 g/mol. The first-order chi connectivity index (χ1) is 9.80. The molecular formula is C16H24ClN3. The van der Waals surface area contributed by atoms with Crippen LogP contribution in [0.3, 0.4) is 0 Å². The van der Waals surface area contributed by atoms with E-state index >= 15 is 0 Å². The Bertz CT molecular complexity index is 435. The molecule has 0 spiro atoms. The van der Waals surface area contributed by atoms with Crippen LogP contribution in [0.5, 0.6) is 0 Å². The Morgan fingerprint density at radius 1 is 1.25 bits per heavy atom. The first kappa shape index (κ1) is 14.2. The maximum Gasteiger partial charge on any atom is 0.129 e. The lowest BCUT2D eigenvalue weighted by molar-refractivity contribution is 0.260. The average Bonchev–Trinajstić information content (AvgIpc) is 3.17. The van der Waals surface area contributed by atoms with Crippen molar-refractivity contribution in [3.63, 3.8) is 0 Å². The number of likely N-dealkylation sites (tertiary alicyclic amines) is 1. The number of alkyl halides is 1. The molecule has 1 unspecified atom stereocenters. The van der Waals surface area contributed by atoms with Crippen LogP contribution >= 0.6 is 11.6 Å². The van der Waals surface area contributed by atoms with E-state index in [0.29, 0.717) is 5.88 Å². The van der Waals surface area contributed by atoms with Crippen LogP contribution in [-0.4, -0.2) is 42.1 Å². The highest BCUT2D eigenvalue weighted by Crippen LogP contribution is 2.25. The Kier molecular flexibility index (Phi) is 4.47. The van der Waals surface area contributed by atoms with E-state index in [1.807, 2.05) is 0 Å². The molecule has 20 heavy (non-hydrogen) atoms. The van der Waals surface area contributed by atoms with Gasteiger partial charge < -0.3 is 4.90 Å². The van der Waals surface area contributed by atoms with E-state index in [2.05, 4.69) is 28.9 Å². The molecule has 2 aliphatic heterocycles. The van der Waals surface area contributed by atoms with Gasteiger partial charge in [0.1, 0.15) is 5.82 Å². The first-order valence-electron chi connectivity index (χ1n) is 7.85. The Hall–Kier alpha value is -0.800. The normalized spacial score (nSPS) is 23.7. The van der Waals surface area contributed by atoms with E-state index in [4.69, 9.17) is 16.6 Å². The SMILES string of the molecule is CCc1cc(CCl)cc(N2CCC(N3CCCC3)C2)n1. The van der Waals surface area contributed by atoms with Crippen molar-refractivity contribution in [1.82, 2.24) is 9.88 Å². The van der Waals surface area contributed by atoms with E-state index < -0.39 is 0 Å². The molecule has 0 radical (unpaired) electrons. The third kappa shape index (κ3) is 2.94. The molecule has 0 bridgehead atoms. The van der Waals surface area contributed by atoms with E-state index in [-0.39, 0.29) is 0 Å². The Balaban J connectivity index is 1.73. The summed E-state index contributed by atoms with van der Waals surface area (Å²) in [5.74, 6) is 1.70. The number of hydrogen-bond acceptors (Lipinski definition) is 3. The summed E-state index contributed by atoms with van der Waals surface area (Å²) in [5, 5.41) is 0. The molecule has 3 rings (SSSR count). The molecule has 110 valence electrons. The van der Waals surface area contributed by atoms with Gasteiger partial charge in [-0.25, -0.2) is 4.98 Å². The lowest BCUT2D eigenvalue weighted by Crippen LogP contribution is -2.35. The van der Waals surface area contributed by atoms with Crippen molar-refractivity contribution < 1.29 is 0 Å². The molecule has 4 heteroatoms. The van der Waals surface area contributed by atoms with Crippen LogP contribution in [0, 0.1) is 0 Å². The van der Waals surface area contributed by atoms with E-state index in [9.17, 15) is 0 Å². The maximum atomic E-state index is 6.01. The summed E-state index contributed by atoms with van der Waals surface area (Å²) in [7, 11) is 0. The molecule has 0 aromatic carbocycles. The fourth-order valence-electron chi connectivity index (χ4n) is 3.41. The van der Waals surface area contributed by atoms with Gasteiger partial charge >= 0.3 is 0 Å². The smallest absolute Gasteiger partial charge is 0.129 e. The number of halogens is 1. The Morgan fingerprint density at radius 3 is 2.75 bits per heavy atom. The predicted octanol–water partition coefficient (Wildman–Crippen LogP) is 3.06. The molecular weight excluding hydrogens is 270 g/mol. The van der Waals surface area contributed by atoms with Crippen LogP contribution in [0.15, 0.2) is 12.1 Å². The van der Waals surface area contributed by atoms with Crippen LogP contribution in [-0.2, 0) is 12.3 Å². The van der Waals surface area contributed by atoms with Crippen molar-refractivity contribution in [3.8, 4) is 0 Å². The fraction of sp³-hybridized carbons (Fsp3) is 0.688. The van der Waals surface area contributed by atoms with Gasteiger partial charge in [-0.3, -0.25) is 4.90 Å². The molecule has 2 fully saturated rings. The van der Waals surface area contributed by atoms with Crippen LogP contribution < -0.4 is 4.90 Å². The molecule has 0 amide bonds.